The van der Waals surface area contributed by atoms with Crippen molar-refractivity contribution in [3.05, 3.63) is 72.1 Å². The van der Waals surface area contributed by atoms with Crippen molar-refractivity contribution in [2.75, 3.05) is 38.1 Å². The predicted octanol–water partition coefficient (Wildman–Crippen LogP) is 4.66. The number of piperazine rings is 1. The molecule has 1 aliphatic heterocycles. The van der Waals surface area contributed by atoms with E-state index in [0.29, 0.717) is 11.7 Å². The second-order valence-corrected chi connectivity index (χ2v) is 15.7. The van der Waals surface area contributed by atoms with Crippen molar-refractivity contribution in [2.45, 2.75) is 33.1 Å². The lowest BCUT2D eigenvalue weighted by atomic mass is 10.1. The van der Waals surface area contributed by atoms with Gasteiger partial charge >= 0.3 is 0 Å². The molecule has 5 rings (SSSR count). The predicted molar refractivity (Wildman–Crippen MR) is 145 cm³/mol. The fourth-order valence-corrected chi connectivity index (χ4v) is 5.74. The molecule has 2 aromatic heterocycles. The molecule has 3 heterocycles. The molecule has 1 fully saturated rings. The third-order valence-corrected chi connectivity index (χ3v) is 8.94. The molecule has 35 heavy (non-hydrogen) atoms. The minimum atomic E-state index is -1.33. The monoisotopic (exact) mass is 484 g/mol. The highest BCUT2D eigenvalue weighted by molar-refractivity contribution is 6.88. The van der Waals surface area contributed by atoms with Crippen LogP contribution in [0.4, 0.5) is 5.69 Å². The molecule has 6 nitrogen and oxygen atoms in total. The van der Waals surface area contributed by atoms with Gasteiger partial charge in [0, 0.05) is 61.9 Å². The normalized spacial score (nSPS) is 15.1. The Labute approximate surface area is 209 Å². The molecule has 1 radical (unpaired) electrons. The summed E-state index contributed by atoms with van der Waals surface area (Å²) in [5.41, 5.74) is 5.57. The zero-order valence-corrected chi connectivity index (χ0v) is 22.4. The SMILES string of the molecule is Cc1cc(-c2nc(-c3ccc([Si](C)(C)C)cc3)no2)cn1Cc1ccc[c]c1N1CCN(C)CC1. The van der Waals surface area contributed by atoms with E-state index in [0.717, 1.165) is 49.5 Å². The van der Waals surface area contributed by atoms with Crippen molar-refractivity contribution in [3.8, 4) is 22.8 Å². The zero-order chi connectivity index (χ0) is 24.6. The average Bonchev–Trinajstić information content (AvgIpc) is 3.47. The van der Waals surface area contributed by atoms with Crippen molar-refractivity contribution < 1.29 is 4.52 Å². The molecule has 0 bridgehead atoms. The molecule has 0 unspecified atom stereocenters. The third-order valence-electron chi connectivity index (χ3n) is 6.87. The first-order chi connectivity index (χ1) is 16.8. The van der Waals surface area contributed by atoms with Gasteiger partial charge in [-0.15, -0.1) is 0 Å². The van der Waals surface area contributed by atoms with Crippen LogP contribution in [-0.2, 0) is 6.54 Å². The number of para-hydroxylation sites is 1. The Balaban J connectivity index is 1.36. The number of rotatable bonds is 6. The van der Waals surface area contributed by atoms with Crippen LogP contribution in [0.1, 0.15) is 11.3 Å². The maximum absolute atomic E-state index is 5.67. The lowest BCUT2D eigenvalue weighted by Crippen LogP contribution is -2.44. The van der Waals surface area contributed by atoms with Gasteiger partial charge < -0.3 is 18.9 Å². The summed E-state index contributed by atoms with van der Waals surface area (Å²) < 4.78 is 7.92. The van der Waals surface area contributed by atoms with E-state index >= 15 is 0 Å². The summed E-state index contributed by atoms with van der Waals surface area (Å²) in [5.74, 6) is 1.18. The van der Waals surface area contributed by atoms with Crippen molar-refractivity contribution in [1.82, 2.24) is 19.6 Å². The van der Waals surface area contributed by atoms with Gasteiger partial charge in [-0.05, 0) is 25.6 Å². The summed E-state index contributed by atoms with van der Waals surface area (Å²) in [4.78, 5) is 9.53. The summed E-state index contributed by atoms with van der Waals surface area (Å²) in [7, 11) is 0.850. The molecule has 181 valence electrons. The van der Waals surface area contributed by atoms with Crippen molar-refractivity contribution in [2.24, 2.45) is 0 Å². The van der Waals surface area contributed by atoms with Crippen molar-refractivity contribution in [1.29, 1.82) is 0 Å². The highest BCUT2D eigenvalue weighted by atomic mass is 28.3. The summed E-state index contributed by atoms with van der Waals surface area (Å²) in [6.45, 7) is 14.2. The highest BCUT2D eigenvalue weighted by Crippen LogP contribution is 2.27. The van der Waals surface area contributed by atoms with Crippen LogP contribution < -0.4 is 10.1 Å². The van der Waals surface area contributed by atoms with Crippen LogP contribution in [0.2, 0.25) is 19.6 Å². The van der Waals surface area contributed by atoms with E-state index in [1.165, 1.54) is 16.4 Å². The Morgan fingerprint density at radius 3 is 2.46 bits per heavy atom. The molecular weight excluding hydrogens is 450 g/mol. The van der Waals surface area contributed by atoms with Crippen LogP contribution in [0.5, 0.6) is 0 Å². The molecule has 1 aliphatic rings. The van der Waals surface area contributed by atoms with Gasteiger partial charge in [0.2, 0.25) is 5.82 Å². The van der Waals surface area contributed by atoms with Crippen LogP contribution in [0.15, 0.2) is 59.3 Å². The van der Waals surface area contributed by atoms with Gasteiger partial charge in [0.15, 0.2) is 0 Å². The minimum Gasteiger partial charge on any atom is -0.368 e. The Kier molecular flexibility index (Phi) is 6.38. The van der Waals surface area contributed by atoms with E-state index in [4.69, 9.17) is 9.51 Å². The Hall–Kier alpha value is -3.16. The summed E-state index contributed by atoms with van der Waals surface area (Å²) in [6.07, 6.45) is 2.11. The molecule has 0 atom stereocenters. The second-order valence-electron chi connectivity index (χ2n) is 10.6. The third kappa shape index (κ3) is 5.11. The van der Waals surface area contributed by atoms with E-state index in [2.05, 4.69) is 108 Å². The largest absolute Gasteiger partial charge is 0.368 e. The van der Waals surface area contributed by atoms with E-state index < -0.39 is 8.07 Å². The fraction of sp³-hybridized carbons (Fsp3) is 0.357. The molecule has 0 spiro atoms. The molecule has 0 amide bonds. The molecule has 2 aromatic carbocycles. The first kappa shape index (κ1) is 23.6. The van der Waals surface area contributed by atoms with Gasteiger partial charge in [0.25, 0.3) is 5.89 Å². The highest BCUT2D eigenvalue weighted by Gasteiger charge is 2.19. The summed E-state index contributed by atoms with van der Waals surface area (Å²) in [6, 6.07) is 20.5. The van der Waals surface area contributed by atoms with Crippen LogP contribution in [0, 0.1) is 13.0 Å². The van der Waals surface area contributed by atoms with Gasteiger partial charge in [-0.25, -0.2) is 0 Å². The summed E-state index contributed by atoms with van der Waals surface area (Å²) >= 11 is 0. The molecule has 1 saturated heterocycles. The van der Waals surface area contributed by atoms with E-state index in [1.54, 1.807) is 0 Å². The topological polar surface area (TPSA) is 50.3 Å². The second kappa shape index (κ2) is 9.47. The van der Waals surface area contributed by atoms with E-state index in [1.807, 2.05) is 6.07 Å². The molecular formula is C28H34N5OSi. The Bertz CT molecular complexity index is 1290. The standard InChI is InChI=1S/C28H34N5OSi/c1-21-18-24(28-29-27(30-34-28)22-10-12-25(13-11-22)35(3,4)5)20-33(21)19-23-8-6-7-9-26(23)32-16-14-31(2)15-17-32/h6-8,10-13,18,20H,14-17,19H2,1-5H3. The lowest BCUT2D eigenvalue weighted by Gasteiger charge is -2.35. The first-order valence-corrected chi connectivity index (χ1v) is 15.8. The number of hydrogen-bond acceptors (Lipinski definition) is 5. The maximum Gasteiger partial charge on any atom is 0.259 e. The van der Waals surface area contributed by atoms with Crippen molar-refractivity contribution in [3.63, 3.8) is 0 Å². The van der Waals surface area contributed by atoms with Gasteiger partial charge in [-0.3, -0.25) is 0 Å². The summed E-state index contributed by atoms with van der Waals surface area (Å²) in [5, 5.41) is 5.68. The number of nitrogens with zero attached hydrogens (tertiary/aromatic N) is 5. The van der Waals surface area contributed by atoms with E-state index in [-0.39, 0.29) is 0 Å². The smallest absolute Gasteiger partial charge is 0.259 e. The van der Waals surface area contributed by atoms with Gasteiger partial charge in [0.1, 0.15) is 0 Å². The van der Waals surface area contributed by atoms with Crippen LogP contribution >= 0.6 is 0 Å². The maximum atomic E-state index is 5.67. The minimum absolute atomic E-state index is 0.551. The van der Waals surface area contributed by atoms with Gasteiger partial charge in [-0.2, -0.15) is 4.98 Å². The molecule has 0 aliphatic carbocycles. The molecule has 0 saturated carbocycles. The first-order valence-electron chi connectivity index (χ1n) is 12.3. The fourth-order valence-electron chi connectivity index (χ4n) is 4.58. The number of aromatic nitrogens is 3. The number of benzene rings is 2. The Morgan fingerprint density at radius 2 is 1.74 bits per heavy atom. The van der Waals surface area contributed by atoms with E-state index in [9.17, 15) is 0 Å². The molecule has 0 N–H and O–H groups in total. The van der Waals surface area contributed by atoms with Crippen molar-refractivity contribution >= 4 is 18.9 Å². The van der Waals surface area contributed by atoms with Gasteiger partial charge in [-0.1, -0.05) is 72.4 Å². The lowest BCUT2D eigenvalue weighted by molar-refractivity contribution is 0.312. The van der Waals surface area contributed by atoms with Crippen LogP contribution in [-0.4, -0.2) is 60.9 Å². The quantitative estimate of drug-likeness (QED) is 0.373. The number of likely N-dealkylation sites (N-methyl/N-ethyl adjacent to an activating group) is 1. The number of hydrogen-bond donors (Lipinski definition) is 0. The number of aryl methyl sites for hydroxylation is 1. The van der Waals surface area contributed by atoms with Crippen LogP contribution in [0.3, 0.4) is 0 Å². The average molecular weight is 485 g/mol. The molecule has 7 heteroatoms. The Morgan fingerprint density at radius 1 is 1.00 bits per heavy atom. The zero-order valence-electron chi connectivity index (χ0n) is 21.4. The number of anilines is 1. The van der Waals surface area contributed by atoms with Gasteiger partial charge in [0.05, 0.1) is 13.6 Å². The van der Waals surface area contributed by atoms with Crippen LogP contribution in [0.25, 0.3) is 22.8 Å². The molecule has 4 aromatic rings.